The molecule has 2 N–H and O–H groups in total. The molecule has 0 saturated heterocycles. The second-order valence-corrected chi connectivity index (χ2v) is 5.67. The van der Waals surface area contributed by atoms with Crippen LogP contribution in [0.1, 0.15) is 0 Å². The highest BCUT2D eigenvalue weighted by Crippen LogP contribution is 2.27. The summed E-state index contributed by atoms with van der Waals surface area (Å²) in [5.41, 5.74) is 2.62. The third-order valence-electron chi connectivity index (χ3n) is 3.30. The van der Waals surface area contributed by atoms with Gasteiger partial charge in [-0.05, 0) is 30.3 Å². The summed E-state index contributed by atoms with van der Waals surface area (Å²) >= 11 is 0. The van der Waals surface area contributed by atoms with E-state index in [0.717, 1.165) is 28.0 Å². The molecule has 0 saturated carbocycles. The van der Waals surface area contributed by atoms with E-state index >= 15 is 0 Å². The third-order valence-corrected chi connectivity index (χ3v) is 4.00. The number of nitrogens with one attached hydrogen (secondary N) is 2. The third kappa shape index (κ3) is 2.87. The number of aromatic nitrogens is 1. The quantitative estimate of drug-likeness (QED) is 0.712. The van der Waals surface area contributed by atoms with Gasteiger partial charge in [-0.1, -0.05) is 17.0 Å². The summed E-state index contributed by atoms with van der Waals surface area (Å²) in [6, 6.07) is 14.6. The Hall–Kier alpha value is -2.60. The molecule has 5 nitrogen and oxygen atoms in total. The van der Waals surface area contributed by atoms with Crippen molar-refractivity contribution in [1.29, 1.82) is 4.78 Å². The van der Waals surface area contributed by atoms with Crippen molar-refractivity contribution in [3.8, 4) is 5.75 Å². The van der Waals surface area contributed by atoms with Crippen LogP contribution < -0.4 is 10.1 Å². The Labute approximate surface area is 130 Å². The number of pyridine rings is 1. The van der Waals surface area contributed by atoms with Crippen molar-refractivity contribution in [2.24, 2.45) is 0 Å². The first-order chi connectivity index (χ1) is 10.7. The van der Waals surface area contributed by atoms with Gasteiger partial charge in [-0.3, -0.25) is 4.98 Å². The van der Waals surface area contributed by atoms with Gasteiger partial charge in [0.25, 0.3) is 0 Å². The Morgan fingerprint density at radius 2 is 1.91 bits per heavy atom. The molecule has 0 radical (unpaired) electrons. The normalized spacial score (nSPS) is 10.8. The van der Waals surface area contributed by atoms with Crippen molar-refractivity contribution in [2.75, 3.05) is 12.4 Å². The first-order valence-electron chi connectivity index (χ1n) is 6.60. The number of fused-ring (bicyclic) bond motifs is 1. The van der Waals surface area contributed by atoms with Crippen LogP contribution in [-0.4, -0.2) is 12.1 Å². The molecule has 3 rings (SSSR count). The molecule has 0 aliphatic carbocycles. The van der Waals surface area contributed by atoms with Crippen LogP contribution >= 0.6 is 0 Å². The van der Waals surface area contributed by atoms with Crippen molar-refractivity contribution >= 4 is 32.9 Å². The molecule has 22 heavy (non-hydrogen) atoms. The van der Waals surface area contributed by atoms with Crippen molar-refractivity contribution in [2.45, 2.75) is 4.90 Å². The number of nitrogens with zero attached hydrogens (tertiary/aromatic N) is 1. The zero-order valence-corrected chi connectivity index (χ0v) is 12.7. The van der Waals surface area contributed by atoms with Crippen LogP contribution in [0.3, 0.4) is 0 Å². The molecule has 0 bridgehead atoms. The van der Waals surface area contributed by atoms with Crippen molar-refractivity contribution in [3.63, 3.8) is 0 Å². The van der Waals surface area contributed by atoms with Gasteiger partial charge in [0.15, 0.2) is 0 Å². The van der Waals surface area contributed by atoms with Gasteiger partial charge in [0.05, 0.1) is 12.6 Å². The van der Waals surface area contributed by atoms with Crippen LogP contribution in [0.4, 0.5) is 11.4 Å². The monoisotopic (exact) mass is 312 g/mol. The number of hydrogen-bond donors (Lipinski definition) is 2. The number of ether oxygens (including phenoxy) is 1. The molecule has 6 heteroatoms. The van der Waals surface area contributed by atoms with E-state index in [1.807, 2.05) is 24.3 Å². The van der Waals surface area contributed by atoms with Gasteiger partial charge in [-0.25, -0.2) is 0 Å². The fourth-order valence-electron chi connectivity index (χ4n) is 2.18. The average molecular weight is 312 g/mol. The molecule has 0 aliphatic heterocycles. The Morgan fingerprint density at radius 3 is 2.59 bits per heavy atom. The average Bonchev–Trinajstić information content (AvgIpc) is 2.55. The largest absolute Gasteiger partial charge is 0.497 e. The number of rotatable bonds is 4. The molecule has 0 aliphatic rings. The lowest BCUT2D eigenvalue weighted by Gasteiger charge is -2.11. The van der Waals surface area contributed by atoms with Crippen LogP contribution in [-0.2, 0) is 14.8 Å². The zero-order chi connectivity index (χ0) is 15.5. The van der Waals surface area contributed by atoms with Crippen LogP contribution in [0.2, 0.25) is 0 Å². The van der Waals surface area contributed by atoms with Crippen molar-refractivity contribution in [1.82, 2.24) is 4.98 Å². The van der Waals surface area contributed by atoms with E-state index in [1.165, 1.54) is 0 Å². The standard InChI is InChI=1S/C16H14N3O2S/c1-21-12-4-7-14-15(8-9-18-16(14)10-12)19-11-2-5-13(6-3-11)22(17)20/h2-10,17H,1H3,(H,18,19)/q-1. The fraction of sp³-hybridized carbons (Fsp3) is 0.0625. The SMILES string of the molecule is COc1ccc2c(Nc3ccc([S-](=N)=O)cc3)ccnc2c1. The lowest BCUT2D eigenvalue weighted by molar-refractivity contribution is 0.415. The summed E-state index contributed by atoms with van der Waals surface area (Å²) in [6.45, 7) is 0. The van der Waals surface area contributed by atoms with E-state index in [-0.39, 0.29) is 0 Å². The highest BCUT2D eigenvalue weighted by molar-refractivity contribution is 7.73. The molecule has 3 aromatic rings. The van der Waals surface area contributed by atoms with Gasteiger partial charge in [-0.15, -0.1) is 0 Å². The minimum absolute atomic E-state index is 0.481. The molecule has 1 aromatic heterocycles. The van der Waals surface area contributed by atoms with Gasteiger partial charge in [0, 0.05) is 29.0 Å². The second-order valence-electron chi connectivity index (χ2n) is 4.66. The fourth-order valence-corrected chi connectivity index (χ4v) is 2.56. The maximum atomic E-state index is 11.1. The van der Waals surface area contributed by atoms with E-state index in [9.17, 15) is 4.21 Å². The molecular weight excluding hydrogens is 298 g/mol. The van der Waals surface area contributed by atoms with E-state index in [4.69, 9.17) is 9.52 Å². The van der Waals surface area contributed by atoms with E-state index < -0.39 is 10.6 Å². The summed E-state index contributed by atoms with van der Waals surface area (Å²) in [5.74, 6) is 0.763. The summed E-state index contributed by atoms with van der Waals surface area (Å²) in [4.78, 5) is 4.83. The molecule has 2 aromatic carbocycles. The zero-order valence-electron chi connectivity index (χ0n) is 11.9. The Kier molecular flexibility index (Phi) is 3.93. The second kappa shape index (κ2) is 6.03. The number of benzene rings is 2. The Bertz CT molecular complexity index is 882. The Morgan fingerprint density at radius 1 is 1.14 bits per heavy atom. The molecule has 0 spiro atoms. The highest BCUT2D eigenvalue weighted by atomic mass is 32.2. The van der Waals surface area contributed by atoms with Crippen molar-refractivity contribution < 1.29 is 8.95 Å². The summed E-state index contributed by atoms with van der Waals surface area (Å²) in [5, 5.41) is 4.29. The van der Waals surface area contributed by atoms with Gasteiger partial charge >= 0.3 is 0 Å². The lowest BCUT2D eigenvalue weighted by atomic mass is 10.1. The van der Waals surface area contributed by atoms with Crippen LogP contribution in [0.15, 0.2) is 59.6 Å². The summed E-state index contributed by atoms with van der Waals surface area (Å²) in [6.07, 6.45) is 1.73. The number of hydrogen-bond acceptors (Lipinski definition) is 6. The molecule has 0 amide bonds. The Balaban J connectivity index is 1.96. The predicted molar refractivity (Wildman–Crippen MR) is 87.1 cm³/mol. The summed E-state index contributed by atoms with van der Waals surface area (Å²) < 4.78 is 23.5. The number of anilines is 2. The van der Waals surface area contributed by atoms with Gasteiger partial charge in [0.2, 0.25) is 0 Å². The minimum atomic E-state index is -1.71. The van der Waals surface area contributed by atoms with Crippen molar-refractivity contribution in [3.05, 3.63) is 54.7 Å². The van der Waals surface area contributed by atoms with Crippen LogP contribution in [0.5, 0.6) is 5.75 Å². The maximum absolute atomic E-state index is 11.1. The van der Waals surface area contributed by atoms with E-state index in [2.05, 4.69) is 10.3 Å². The lowest BCUT2D eigenvalue weighted by Crippen LogP contribution is -1.93. The molecule has 0 unspecified atom stereocenters. The molecule has 112 valence electrons. The van der Waals surface area contributed by atoms with Crippen LogP contribution in [0.25, 0.3) is 10.9 Å². The molecule has 1 heterocycles. The van der Waals surface area contributed by atoms with Crippen LogP contribution in [0, 0.1) is 4.78 Å². The minimum Gasteiger partial charge on any atom is -0.497 e. The summed E-state index contributed by atoms with van der Waals surface area (Å²) in [7, 11) is -0.0853. The number of methoxy groups -OCH3 is 1. The smallest absolute Gasteiger partial charge is 0.121 e. The highest BCUT2D eigenvalue weighted by Gasteiger charge is 2.03. The first kappa shape index (κ1) is 14.3. The van der Waals surface area contributed by atoms with Gasteiger partial charge < -0.3 is 19.0 Å². The topological polar surface area (TPSA) is 75.1 Å². The van der Waals surface area contributed by atoms with Gasteiger partial charge in [-0.2, -0.15) is 10.6 Å². The molecule has 0 fully saturated rings. The van der Waals surface area contributed by atoms with E-state index in [1.54, 1.807) is 37.6 Å². The maximum Gasteiger partial charge on any atom is 0.121 e. The predicted octanol–water partition coefficient (Wildman–Crippen LogP) is 4.07. The molecular formula is C16H14N3O2S-. The van der Waals surface area contributed by atoms with E-state index in [0.29, 0.717) is 4.90 Å². The molecule has 0 atom stereocenters. The first-order valence-corrected chi connectivity index (χ1v) is 7.75. The van der Waals surface area contributed by atoms with Gasteiger partial charge in [0.1, 0.15) is 5.75 Å².